The maximum Gasteiger partial charge on any atom is 0.328 e. The number of nitrogens with zero attached hydrogens (tertiary/aromatic N) is 2. The number of carbonyl (C=O) groups excluding carboxylic acids is 2. The van der Waals surface area contributed by atoms with Gasteiger partial charge in [-0.3, -0.25) is 4.79 Å². The van der Waals surface area contributed by atoms with Crippen LogP contribution in [0.5, 0.6) is 0 Å². The summed E-state index contributed by atoms with van der Waals surface area (Å²) in [5.74, 6) is 11.1. The molecule has 3 rings (SSSR count). The molecule has 33 heavy (non-hydrogen) atoms. The molecule has 2 atom stereocenters. The van der Waals surface area contributed by atoms with Crippen molar-refractivity contribution in [2.75, 3.05) is 20.2 Å². The van der Waals surface area contributed by atoms with E-state index in [0.29, 0.717) is 12.8 Å². The van der Waals surface area contributed by atoms with Crippen LogP contribution in [0.2, 0.25) is 0 Å². The van der Waals surface area contributed by atoms with Crippen LogP contribution in [-0.2, 0) is 20.7 Å². The predicted octanol–water partition coefficient (Wildman–Crippen LogP) is 2.29. The van der Waals surface area contributed by atoms with Crippen LogP contribution in [0.15, 0.2) is 59.7 Å². The van der Waals surface area contributed by atoms with E-state index in [1.807, 2.05) is 59.5 Å². The second kappa shape index (κ2) is 12.3. The van der Waals surface area contributed by atoms with Gasteiger partial charge in [0.1, 0.15) is 12.4 Å². The number of amides is 1. The first kappa shape index (κ1) is 23.9. The Labute approximate surface area is 195 Å². The Kier molecular flexibility index (Phi) is 8.89. The van der Waals surface area contributed by atoms with Crippen LogP contribution in [0.1, 0.15) is 36.0 Å². The topological polar surface area (TPSA) is 97.0 Å². The molecule has 0 aromatic heterocycles. The summed E-state index contributed by atoms with van der Waals surface area (Å²) in [5.41, 5.74) is 2.74. The summed E-state index contributed by atoms with van der Waals surface area (Å²) in [4.78, 5) is 27.0. The minimum atomic E-state index is -0.742. The third-order valence-electron chi connectivity index (χ3n) is 5.59. The molecule has 172 valence electrons. The number of rotatable bonds is 7. The first-order valence-corrected chi connectivity index (χ1v) is 11.1. The van der Waals surface area contributed by atoms with Crippen LogP contribution in [0.4, 0.5) is 0 Å². The van der Waals surface area contributed by atoms with Gasteiger partial charge in [0.25, 0.3) is 0 Å². The molecule has 7 heteroatoms. The SMILES string of the molecule is COC(=O)[C@@H](Cc1ccc(C#Cc2ccccc2)cc1)NC(=O)C[C@H]1CCCN(/C=N/N)C1. The van der Waals surface area contributed by atoms with Gasteiger partial charge in [0.05, 0.1) is 7.11 Å². The second-order valence-electron chi connectivity index (χ2n) is 8.13. The molecule has 2 aromatic rings. The van der Waals surface area contributed by atoms with Gasteiger partial charge in [-0.1, -0.05) is 42.2 Å². The predicted molar refractivity (Wildman–Crippen MR) is 128 cm³/mol. The van der Waals surface area contributed by atoms with Gasteiger partial charge < -0.3 is 20.8 Å². The smallest absolute Gasteiger partial charge is 0.328 e. The Morgan fingerprint density at radius 1 is 1.18 bits per heavy atom. The highest BCUT2D eigenvalue weighted by Gasteiger charge is 2.25. The highest BCUT2D eigenvalue weighted by Crippen LogP contribution is 2.19. The summed E-state index contributed by atoms with van der Waals surface area (Å²) >= 11 is 0. The molecule has 1 aliphatic rings. The van der Waals surface area contributed by atoms with Crippen molar-refractivity contribution in [3.05, 3.63) is 71.3 Å². The fourth-order valence-electron chi connectivity index (χ4n) is 3.94. The molecule has 1 amide bonds. The lowest BCUT2D eigenvalue weighted by molar-refractivity contribution is -0.145. The van der Waals surface area contributed by atoms with Gasteiger partial charge in [-0.15, -0.1) is 0 Å². The van der Waals surface area contributed by atoms with Gasteiger partial charge in [0, 0.05) is 37.1 Å². The molecular formula is C26H30N4O3. The van der Waals surface area contributed by atoms with Crippen LogP contribution in [0.25, 0.3) is 0 Å². The molecule has 1 aliphatic heterocycles. The van der Waals surface area contributed by atoms with Gasteiger partial charge in [0.15, 0.2) is 0 Å². The summed E-state index contributed by atoms with van der Waals surface area (Å²) in [6, 6.07) is 16.7. The van der Waals surface area contributed by atoms with E-state index in [0.717, 1.165) is 42.6 Å². The lowest BCUT2D eigenvalue weighted by atomic mass is 9.94. The number of carbonyl (C=O) groups is 2. The number of likely N-dealkylation sites (tertiary alicyclic amines) is 1. The summed E-state index contributed by atoms with van der Waals surface area (Å²) in [5, 5.41) is 6.42. The summed E-state index contributed by atoms with van der Waals surface area (Å²) in [6.07, 6.45) is 4.23. The molecule has 0 bridgehead atoms. The van der Waals surface area contributed by atoms with Crippen LogP contribution in [0, 0.1) is 17.8 Å². The summed E-state index contributed by atoms with van der Waals surface area (Å²) in [6.45, 7) is 1.61. The van der Waals surface area contributed by atoms with Crippen molar-refractivity contribution in [3.63, 3.8) is 0 Å². The third-order valence-corrected chi connectivity index (χ3v) is 5.59. The number of esters is 1. The fourth-order valence-corrected chi connectivity index (χ4v) is 3.94. The molecule has 1 fully saturated rings. The highest BCUT2D eigenvalue weighted by atomic mass is 16.5. The Bertz CT molecular complexity index is 1010. The van der Waals surface area contributed by atoms with Crippen LogP contribution >= 0.6 is 0 Å². The van der Waals surface area contributed by atoms with Gasteiger partial charge in [0.2, 0.25) is 5.91 Å². The van der Waals surface area contributed by atoms with E-state index >= 15 is 0 Å². The minimum absolute atomic E-state index is 0.160. The molecule has 3 N–H and O–H groups in total. The Morgan fingerprint density at radius 3 is 2.55 bits per heavy atom. The number of hydrogen-bond acceptors (Lipinski definition) is 5. The minimum Gasteiger partial charge on any atom is -0.467 e. The van der Waals surface area contributed by atoms with Crippen LogP contribution < -0.4 is 11.2 Å². The first-order chi connectivity index (χ1) is 16.1. The lowest BCUT2D eigenvalue weighted by Gasteiger charge is -2.31. The Morgan fingerprint density at radius 2 is 1.88 bits per heavy atom. The Balaban J connectivity index is 1.58. The molecule has 1 heterocycles. The van der Waals surface area contributed by atoms with Crippen molar-refractivity contribution >= 4 is 18.2 Å². The quantitative estimate of drug-likeness (QED) is 0.170. The second-order valence-corrected chi connectivity index (χ2v) is 8.13. The third kappa shape index (κ3) is 7.69. The molecule has 0 spiro atoms. The maximum atomic E-state index is 12.7. The average Bonchev–Trinajstić information content (AvgIpc) is 2.83. The van der Waals surface area contributed by atoms with E-state index in [2.05, 4.69) is 22.3 Å². The van der Waals surface area contributed by atoms with Crippen molar-refractivity contribution in [1.82, 2.24) is 10.2 Å². The molecule has 0 unspecified atom stereocenters. The lowest BCUT2D eigenvalue weighted by Crippen LogP contribution is -2.44. The highest BCUT2D eigenvalue weighted by molar-refractivity contribution is 5.84. The van der Waals surface area contributed by atoms with Crippen molar-refractivity contribution in [3.8, 4) is 11.8 Å². The van der Waals surface area contributed by atoms with Gasteiger partial charge in [-0.2, -0.15) is 5.10 Å². The molecule has 0 radical (unpaired) electrons. The number of benzene rings is 2. The number of nitrogens with two attached hydrogens (primary N) is 1. The molecule has 0 saturated carbocycles. The zero-order valence-corrected chi connectivity index (χ0v) is 18.9. The summed E-state index contributed by atoms with van der Waals surface area (Å²) in [7, 11) is 1.33. The molecule has 2 aromatic carbocycles. The summed E-state index contributed by atoms with van der Waals surface area (Å²) < 4.78 is 4.92. The molecule has 0 aliphatic carbocycles. The van der Waals surface area contributed by atoms with E-state index in [9.17, 15) is 9.59 Å². The van der Waals surface area contributed by atoms with Crippen molar-refractivity contribution in [2.24, 2.45) is 16.9 Å². The number of piperidine rings is 1. The first-order valence-electron chi connectivity index (χ1n) is 11.1. The van der Waals surface area contributed by atoms with Crippen molar-refractivity contribution < 1.29 is 14.3 Å². The van der Waals surface area contributed by atoms with Crippen LogP contribution in [-0.4, -0.2) is 49.4 Å². The maximum absolute atomic E-state index is 12.7. The average molecular weight is 447 g/mol. The van der Waals surface area contributed by atoms with Crippen LogP contribution in [0.3, 0.4) is 0 Å². The van der Waals surface area contributed by atoms with E-state index in [-0.39, 0.29) is 11.8 Å². The van der Waals surface area contributed by atoms with Gasteiger partial charge in [-0.05, 0) is 48.6 Å². The molecule has 7 nitrogen and oxygen atoms in total. The largest absolute Gasteiger partial charge is 0.467 e. The normalized spacial score (nSPS) is 16.5. The Hall–Kier alpha value is -3.79. The number of hydrogen-bond donors (Lipinski definition) is 2. The monoisotopic (exact) mass is 446 g/mol. The zero-order chi connectivity index (χ0) is 23.5. The van der Waals surface area contributed by atoms with E-state index in [1.165, 1.54) is 7.11 Å². The number of ether oxygens (including phenoxy) is 1. The van der Waals surface area contributed by atoms with Gasteiger partial charge >= 0.3 is 5.97 Å². The van der Waals surface area contributed by atoms with Crippen molar-refractivity contribution in [1.29, 1.82) is 0 Å². The number of nitrogens with one attached hydrogen (secondary N) is 1. The molecule has 1 saturated heterocycles. The number of hydrazone groups is 1. The van der Waals surface area contributed by atoms with Crippen molar-refractivity contribution in [2.45, 2.75) is 31.7 Å². The number of methoxy groups -OCH3 is 1. The standard InChI is InChI=1S/C26H30N4O3/c1-33-26(32)24(29-25(31)17-23-8-5-15-30(18-23)19-28-27)16-22-13-11-21(12-14-22)10-9-20-6-3-2-4-7-20/h2-4,6-7,11-14,19,23-24H,5,8,15-18,27H2,1H3,(H,29,31)/b28-19+/t23-,24-/m1/s1. The fraction of sp³-hybridized carbons (Fsp3) is 0.346. The van der Waals surface area contributed by atoms with E-state index in [4.69, 9.17) is 10.6 Å². The zero-order valence-electron chi connectivity index (χ0n) is 18.9. The van der Waals surface area contributed by atoms with E-state index < -0.39 is 12.0 Å². The van der Waals surface area contributed by atoms with Gasteiger partial charge in [-0.25, -0.2) is 4.79 Å². The van der Waals surface area contributed by atoms with E-state index in [1.54, 1.807) is 6.34 Å². The molecular weight excluding hydrogens is 416 g/mol.